The first-order chi connectivity index (χ1) is 22.3. The second-order valence-electron chi connectivity index (χ2n) is 11.9. The molecule has 0 aliphatic heterocycles. The third-order valence-electron chi connectivity index (χ3n) is 7.77. The first-order valence-electron chi connectivity index (χ1n) is 15.6. The average molecular weight is 662 g/mol. The van der Waals surface area contributed by atoms with Crippen molar-refractivity contribution in [3.63, 3.8) is 0 Å². The van der Waals surface area contributed by atoms with Crippen LogP contribution in [0.3, 0.4) is 0 Å². The summed E-state index contributed by atoms with van der Waals surface area (Å²) in [7, 11) is 1.72. The molecule has 0 aliphatic rings. The van der Waals surface area contributed by atoms with Crippen LogP contribution in [0.5, 0.6) is 0 Å². The predicted molar refractivity (Wildman–Crippen MR) is 183 cm³/mol. The number of hydrogen-bond acceptors (Lipinski definition) is 8. The molecule has 3 amide bonds. The zero-order chi connectivity index (χ0) is 32.7. The molecule has 4 rings (SSSR count). The van der Waals surface area contributed by atoms with Gasteiger partial charge in [-0.3, -0.25) is 14.8 Å². The van der Waals surface area contributed by atoms with Gasteiger partial charge in [0.25, 0.3) is 0 Å². The Morgan fingerprint density at radius 3 is 2.02 bits per heavy atom. The molecule has 0 spiro atoms. The number of nitrogens with one attached hydrogen (secondary N) is 2. The van der Waals surface area contributed by atoms with E-state index in [-0.39, 0.29) is 36.3 Å². The summed E-state index contributed by atoms with van der Waals surface area (Å²) in [6.07, 6.45) is 5.98. The van der Waals surface area contributed by atoms with Crippen LogP contribution in [0.25, 0.3) is 0 Å². The summed E-state index contributed by atoms with van der Waals surface area (Å²) in [6, 6.07) is 19.1. The first-order valence-corrected chi connectivity index (χ1v) is 17.3. The number of ketones is 1. The second kappa shape index (κ2) is 18.2. The lowest BCUT2D eigenvalue weighted by Crippen LogP contribution is -2.49. The van der Waals surface area contributed by atoms with Crippen LogP contribution in [-0.2, 0) is 35.5 Å². The van der Waals surface area contributed by atoms with Crippen molar-refractivity contribution in [3.8, 4) is 0 Å². The Morgan fingerprint density at radius 2 is 1.43 bits per heavy atom. The van der Waals surface area contributed by atoms with Crippen LogP contribution >= 0.6 is 22.7 Å². The number of Topliss-reactive ketones (excluding diaryl/α,β-unsaturated/α-hetero) is 1. The fourth-order valence-electron chi connectivity index (χ4n) is 5.34. The van der Waals surface area contributed by atoms with E-state index in [1.165, 1.54) is 22.7 Å². The van der Waals surface area contributed by atoms with Gasteiger partial charge < -0.3 is 20.3 Å². The standard InChI is InChI=1S/C35H43N5O4S2/c1-25(2)33(39-34(42)40(3)21-30-19-36-23-45-30)32(41)18-28(16-26-10-6-4-7-11-26)14-15-29(17-27-12-8-5-9-13-27)38-35(43)44-22-31-20-37-24-46-31/h4-13,19-20,23-25,28-29,33H,14-18,21-22H2,1-3H3,(H,38,43)(H,39,42)/t28-,29-,33-/m0/s1. The summed E-state index contributed by atoms with van der Waals surface area (Å²) in [5.41, 5.74) is 5.70. The van der Waals surface area contributed by atoms with E-state index >= 15 is 0 Å². The Kier molecular flexibility index (Phi) is 13.7. The van der Waals surface area contributed by atoms with Gasteiger partial charge in [0.1, 0.15) is 6.61 Å². The molecule has 11 heteroatoms. The van der Waals surface area contributed by atoms with Crippen LogP contribution in [0.15, 0.2) is 84.1 Å². The molecular weight excluding hydrogens is 619 g/mol. The van der Waals surface area contributed by atoms with E-state index in [4.69, 9.17) is 4.74 Å². The van der Waals surface area contributed by atoms with E-state index in [0.29, 0.717) is 38.6 Å². The Bertz CT molecular complexity index is 1470. The molecular formula is C35H43N5O4S2. The second-order valence-corrected chi connectivity index (χ2v) is 13.8. The highest BCUT2D eigenvalue weighted by Gasteiger charge is 2.28. The summed E-state index contributed by atoms with van der Waals surface area (Å²) in [6.45, 7) is 4.50. The molecule has 0 bridgehead atoms. The molecule has 0 fully saturated rings. The van der Waals surface area contributed by atoms with Gasteiger partial charge in [0.15, 0.2) is 5.78 Å². The molecule has 0 saturated heterocycles. The molecule has 4 aromatic rings. The maximum Gasteiger partial charge on any atom is 0.407 e. The van der Waals surface area contributed by atoms with Crippen molar-refractivity contribution in [1.29, 1.82) is 0 Å². The molecule has 2 N–H and O–H groups in total. The molecule has 2 heterocycles. The monoisotopic (exact) mass is 661 g/mol. The maximum atomic E-state index is 13.8. The minimum absolute atomic E-state index is 0.00649. The highest BCUT2D eigenvalue weighted by Crippen LogP contribution is 2.23. The SMILES string of the molecule is CC(C)[C@H](NC(=O)N(C)Cc1cncs1)C(=O)C[C@@H](CC[C@@H](Cc1ccccc1)NC(=O)OCc1cncs1)Cc1ccccc1. The van der Waals surface area contributed by atoms with Gasteiger partial charge in [-0.25, -0.2) is 9.59 Å². The topological polar surface area (TPSA) is 114 Å². The van der Waals surface area contributed by atoms with E-state index in [9.17, 15) is 14.4 Å². The smallest absolute Gasteiger partial charge is 0.407 e. The molecule has 0 radical (unpaired) electrons. The van der Waals surface area contributed by atoms with Gasteiger partial charge >= 0.3 is 12.1 Å². The fraction of sp³-hybridized carbons (Fsp3) is 0.400. The van der Waals surface area contributed by atoms with Gasteiger partial charge in [-0.05, 0) is 48.6 Å². The lowest BCUT2D eigenvalue weighted by molar-refractivity contribution is -0.122. The Hall–Kier alpha value is -4.09. The van der Waals surface area contributed by atoms with Gasteiger partial charge in [0.2, 0.25) is 0 Å². The largest absolute Gasteiger partial charge is 0.444 e. The Balaban J connectivity index is 1.43. The number of rotatable bonds is 17. The van der Waals surface area contributed by atoms with Crippen molar-refractivity contribution in [2.45, 2.75) is 71.2 Å². The summed E-state index contributed by atoms with van der Waals surface area (Å²) in [5, 5.41) is 6.06. The highest BCUT2D eigenvalue weighted by molar-refractivity contribution is 7.09. The van der Waals surface area contributed by atoms with Crippen LogP contribution < -0.4 is 10.6 Å². The third-order valence-corrected chi connectivity index (χ3v) is 9.29. The zero-order valence-electron chi connectivity index (χ0n) is 26.6. The normalized spacial score (nSPS) is 13.0. The van der Waals surface area contributed by atoms with Gasteiger partial charge in [-0.1, -0.05) is 74.5 Å². The fourth-order valence-corrected chi connectivity index (χ4v) is 6.50. The number of urea groups is 1. The third kappa shape index (κ3) is 11.7. The molecule has 244 valence electrons. The van der Waals surface area contributed by atoms with E-state index in [1.807, 2.05) is 62.4 Å². The Labute approximate surface area is 279 Å². The highest BCUT2D eigenvalue weighted by atomic mass is 32.1. The van der Waals surface area contributed by atoms with Crippen molar-refractivity contribution >= 4 is 40.6 Å². The number of ether oxygens (including phenoxy) is 1. The van der Waals surface area contributed by atoms with E-state index in [2.05, 4.69) is 32.7 Å². The predicted octanol–water partition coefficient (Wildman–Crippen LogP) is 6.90. The molecule has 0 saturated carbocycles. The van der Waals surface area contributed by atoms with Crippen molar-refractivity contribution in [2.24, 2.45) is 11.8 Å². The molecule has 3 atom stereocenters. The number of amides is 3. The van der Waals surface area contributed by atoms with Crippen LogP contribution in [0.2, 0.25) is 0 Å². The number of carbonyl (C=O) groups is 3. The molecule has 2 aromatic carbocycles. The van der Waals surface area contributed by atoms with E-state index in [1.54, 1.807) is 35.4 Å². The van der Waals surface area contributed by atoms with Crippen molar-refractivity contribution in [1.82, 2.24) is 25.5 Å². The lowest BCUT2D eigenvalue weighted by atomic mass is 9.85. The number of benzene rings is 2. The van der Waals surface area contributed by atoms with Crippen molar-refractivity contribution < 1.29 is 19.1 Å². The number of aromatic nitrogens is 2. The quantitative estimate of drug-likeness (QED) is 0.127. The molecule has 46 heavy (non-hydrogen) atoms. The van der Waals surface area contributed by atoms with Gasteiger partial charge in [-0.15, -0.1) is 22.7 Å². The first kappa shape index (κ1) is 34.8. The number of nitrogens with zero attached hydrogens (tertiary/aromatic N) is 3. The lowest BCUT2D eigenvalue weighted by Gasteiger charge is -2.27. The van der Waals surface area contributed by atoms with Crippen LogP contribution in [-0.4, -0.2) is 51.9 Å². The zero-order valence-corrected chi connectivity index (χ0v) is 28.3. The number of carbonyl (C=O) groups excluding carboxylic acids is 3. The maximum absolute atomic E-state index is 13.8. The van der Waals surface area contributed by atoms with Crippen LogP contribution in [0, 0.1) is 11.8 Å². The van der Waals surface area contributed by atoms with Crippen LogP contribution in [0.1, 0.15) is 54.0 Å². The van der Waals surface area contributed by atoms with Gasteiger partial charge in [-0.2, -0.15) is 0 Å². The van der Waals surface area contributed by atoms with Gasteiger partial charge in [0, 0.05) is 36.8 Å². The van der Waals surface area contributed by atoms with Gasteiger partial charge in [0.05, 0.1) is 28.5 Å². The number of alkyl carbamates (subject to hydrolysis) is 1. The number of thiazole rings is 2. The molecule has 9 nitrogen and oxygen atoms in total. The summed E-state index contributed by atoms with van der Waals surface area (Å²) in [4.78, 5) is 51.3. The molecule has 0 aliphatic carbocycles. The summed E-state index contributed by atoms with van der Waals surface area (Å²) < 4.78 is 5.49. The molecule has 2 aromatic heterocycles. The summed E-state index contributed by atoms with van der Waals surface area (Å²) in [5.74, 6) is -0.0605. The average Bonchev–Trinajstić information content (AvgIpc) is 3.77. The van der Waals surface area contributed by atoms with Crippen molar-refractivity contribution in [2.75, 3.05) is 7.05 Å². The van der Waals surface area contributed by atoms with Crippen molar-refractivity contribution in [3.05, 3.63) is 105 Å². The molecule has 0 unspecified atom stereocenters. The summed E-state index contributed by atoms with van der Waals surface area (Å²) >= 11 is 2.93. The van der Waals surface area contributed by atoms with Crippen LogP contribution in [0.4, 0.5) is 9.59 Å². The minimum Gasteiger partial charge on any atom is -0.444 e. The van der Waals surface area contributed by atoms with E-state index < -0.39 is 12.1 Å². The minimum atomic E-state index is -0.616. The number of hydrogen-bond donors (Lipinski definition) is 2. The Morgan fingerprint density at radius 1 is 0.826 bits per heavy atom. The van der Waals surface area contributed by atoms with E-state index in [0.717, 1.165) is 20.9 Å².